The average molecular weight is 273 g/mol. The molecule has 0 radical (unpaired) electrons. The standard InChI is InChI=1S/C11H7ClF2N2S/c12-9-5-15-6-16-10(9)7-1-3-8(4-2-7)17-11(13)14/h1-6,11H. The molecule has 0 unspecified atom stereocenters. The Kier molecular flexibility index (Phi) is 3.91. The summed E-state index contributed by atoms with van der Waals surface area (Å²) in [5.41, 5.74) is 1.37. The molecule has 1 aromatic carbocycles. The van der Waals surface area contributed by atoms with Crippen LogP contribution in [0.2, 0.25) is 5.02 Å². The molecule has 6 heteroatoms. The molecule has 0 aliphatic rings. The number of thioether (sulfide) groups is 1. The molecule has 88 valence electrons. The van der Waals surface area contributed by atoms with Gasteiger partial charge in [0, 0.05) is 16.7 Å². The molecule has 0 fully saturated rings. The molecule has 0 bridgehead atoms. The van der Waals surface area contributed by atoms with Crippen molar-refractivity contribution in [3.63, 3.8) is 0 Å². The maximum Gasteiger partial charge on any atom is 0.288 e. The number of hydrogen-bond donors (Lipinski definition) is 0. The molecule has 0 saturated heterocycles. The van der Waals surface area contributed by atoms with Gasteiger partial charge in [-0.05, 0) is 12.1 Å². The molecule has 17 heavy (non-hydrogen) atoms. The molecule has 2 aromatic rings. The van der Waals surface area contributed by atoms with Gasteiger partial charge in [0.25, 0.3) is 5.76 Å². The second-order valence-corrected chi connectivity index (χ2v) is 4.59. The maximum atomic E-state index is 12.1. The Balaban J connectivity index is 2.27. The first-order valence-corrected chi connectivity index (χ1v) is 5.93. The normalized spacial score (nSPS) is 10.8. The molecule has 0 spiro atoms. The summed E-state index contributed by atoms with van der Waals surface area (Å²) in [4.78, 5) is 8.33. The van der Waals surface area contributed by atoms with E-state index in [2.05, 4.69) is 9.97 Å². The van der Waals surface area contributed by atoms with E-state index in [1.807, 2.05) is 0 Å². The van der Waals surface area contributed by atoms with Crippen molar-refractivity contribution in [3.8, 4) is 11.3 Å². The summed E-state index contributed by atoms with van der Waals surface area (Å²) in [6.45, 7) is 0. The van der Waals surface area contributed by atoms with Gasteiger partial charge < -0.3 is 0 Å². The highest BCUT2D eigenvalue weighted by Gasteiger charge is 2.07. The molecule has 0 N–H and O–H groups in total. The van der Waals surface area contributed by atoms with E-state index in [0.717, 1.165) is 5.56 Å². The summed E-state index contributed by atoms with van der Waals surface area (Å²) in [5.74, 6) is -2.41. The maximum absolute atomic E-state index is 12.1. The van der Waals surface area contributed by atoms with Gasteiger partial charge >= 0.3 is 0 Å². The molecular formula is C11H7ClF2N2S. The molecule has 2 rings (SSSR count). The van der Waals surface area contributed by atoms with Crippen molar-refractivity contribution in [2.45, 2.75) is 10.7 Å². The van der Waals surface area contributed by atoms with E-state index in [4.69, 9.17) is 11.6 Å². The lowest BCUT2D eigenvalue weighted by Gasteiger charge is -2.04. The van der Waals surface area contributed by atoms with Crippen LogP contribution < -0.4 is 0 Å². The summed E-state index contributed by atoms with van der Waals surface area (Å²) in [6.07, 6.45) is 2.88. The first-order valence-electron chi connectivity index (χ1n) is 4.67. The van der Waals surface area contributed by atoms with Crippen LogP contribution in [-0.2, 0) is 0 Å². The second-order valence-electron chi connectivity index (χ2n) is 3.12. The van der Waals surface area contributed by atoms with Crippen LogP contribution in [0.5, 0.6) is 0 Å². The van der Waals surface area contributed by atoms with Crippen molar-refractivity contribution in [2.24, 2.45) is 0 Å². The quantitative estimate of drug-likeness (QED) is 0.787. The van der Waals surface area contributed by atoms with Gasteiger partial charge in [0.2, 0.25) is 0 Å². The van der Waals surface area contributed by atoms with E-state index in [9.17, 15) is 8.78 Å². The summed E-state index contributed by atoms with van der Waals surface area (Å²) in [6, 6.07) is 6.65. The largest absolute Gasteiger partial charge is 0.288 e. The van der Waals surface area contributed by atoms with Crippen molar-refractivity contribution in [1.29, 1.82) is 0 Å². The summed E-state index contributed by atoms with van der Waals surface area (Å²) >= 11 is 6.44. The fourth-order valence-corrected chi connectivity index (χ4v) is 2.03. The molecule has 0 aliphatic heterocycles. The van der Waals surface area contributed by atoms with Gasteiger partial charge in [-0.2, -0.15) is 8.78 Å². The van der Waals surface area contributed by atoms with Crippen LogP contribution in [0, 0.1) is 0 Å². The summed E-state index contributed by atoms with van der Waals surface area (Å²) in [7, 11) is 0. The van der Waals surface area contributed by atoms with Gasteiger partial charge in [0.1, 0.15) is 6.33 Å². The van der Waals surface area contributed by atoms with Crippen LogP contribution >= 0.6 is 23.4 Å². The van der Waals surface area contributed by atoms with Crippen molar-refractivity contribution < 1.29 is 8.78 Å². The van der Waals surface area contributed by atoms with Crippen molar-refractivity contribution in [1.82, 2.24) is 9.97 Å². The van der Waals surface area contributed by atoms with Crippen LogP contribution in [-0.4, -0.2) is 15.7 Å². The zero-order valence-corrected chi connectivity index (χ0v) is 10.1. The Morgan fingerprint density at radius 1 is 1.18 bits per heavy atom. The smallest absolute Gasteiger partial charge is 0.243 e. The number of benzene rings is 1. The SMILES string of the molecule is FC(F)Sc1ccc(-c2ncncc2Cl)cc1. The van der Waals surface area contributed by atoms with Crippen LogP contribution in [0.4, 0.5) is 8.78 Å². The van der Waals surface area contributed by atoms with Crippen molar-refractivity contribution in [2.75, 3.05) is 0 Å². The van der Waals surface area contributed by atoms with Crippen molar-refractivity contribution >= 4 is 23.4 Å². The Bertz CT molecular complexity index is 505. The van der Waals surface area contributed by atoms with Gasteiger partial charge in [0.05, 0.1) is 10.7 Å². The highest BCUT2D eigenvalue weighted by Crippen LogP contribution is 2.29. The second kappa shape index (κ2) is 5.42. The molecule has 1 heterocycles. The monoisotopic (exact) mass is 272 g/mol. The first-order chi connectivity index (χ1) is 8.16. The highest BCUT2D eigenvalue weighted by atomic mass is 35.5. The molecule has 0 aliphatic carbocycles. The topological polar surface area (TPSA) is 25.8 Å². The van der Waals surface area contributed by atoms with Crippen LogP contribution in [0.3, 0.4) is 0 Å². The first kappa shape index (κ1) is 12.3. The lowest BCUT2D eigenvalue weighted by molar-refractivity contribution is 0.252. The van der Waals surface area contributed by atoms with Crippen LogP contribution in [0.15, 0.2) is 41.7 Å². The third-order valence-corrected chi connectivity index (χ3v) is 3.02. The van der Waals surface area contributed by atoms with E-state index < -0.39 is 5.76 Å². The molecular weight excluding hydrogens is 266 g/mol. The molecule has 2 nitrogen and oxygen atoms in total. The fraction of sp³-hybridized carbons (Fsp3) is 0.0909. The molecule has 0 saturated carbocycles. The fourth-order valence-electron chi connectivity index (χ4n) is 1.32. The van der Waals surface area contributed by atoms with Gasteiger partial charge in [0.15, 0.2) is 0 Å². The number of rotatable bonds is 3. The third kappa shape index (κ3) is 3.14. The number of halogens is 3. The Morgan fingerprint density at radius 2 is 1.88 bits per heavy atom. The third-order valence-electron chi connectivity index (χ3n) is 2.02. The number of alkyl halides is 2. The lowest BCUT2D eigenvalue weighted by Crippen LogP contribution is -1.87. The van der Waals surface area contributed by atoms with Crippen LogP contribution in [0.1, 0.15) is 0 Å². The number of hydrogen-bond acceptors (Lipinski definition) is 3. The number of nitrogens with zero attached hydrogens (tertiary/aromatic N) is 2. The Morgan fingerprint density at radius 3 is 2.47 bits per heavy atom. The van der Waals surface area contributed by atoms with E-state index >= 15 is 0 Å². The molecule has 0 amide bonds. The Hall–Kier alpha value is -1.20. The molecule has 0 atom stereocenters. The van der Waals surface area contributed by atoms with E-state index in [1.165, 1.54) is 12.5 Å². The van der Waals surface area contributed by atoms with E-state index in [0.29, 0.717) is 27.4 Å². The number of aromatic nitrogens is 2. The van der Waals surface area contributed by atoms with E-state index in [1.54, 1.807) is 24.3 Å². The van der Waals surface area contributed by atoms with Crippen molar-refractivity contribution in [3.05, 3.63) is 41.8 Å². The predicted octanol–water partition coefficient (Wildman–Crippen LogP) is 4.11. The van der Waals surface area contributed by atoms with Crippen LogP contribution in [0.25, 0.3) is 11.3 Å². The van der Waals surface area contributed by atoms with Gasteiger partial charge in [-0.15, -0.1) is 0 Å². The minimum Gasteiger partial charge on any atom is -0.243 e. The summed E-state index contributed by atoms with van der Waals surface area (Å²) in [5, 5.41) is 0.432. The highest BCUT2D eigenvalue weighted by molar-refractivity contribution is 7.99. The van der Waals surface area contributed by atoms with E-state index in [-0.39, 0.29) is 0 Å². The van der Waals surface area contributed by atoms with Gasteiger partial charge in [-0.3, -0.25) is 0 Å². The zero-order valence-electron chi connectivity index (χ0n) is 8.48. The lowest BCUT2D eigenvalue weighted by atomic mass is 10.1. The average Bonchev–Trinajstić information content (AvgIpc) is 2.30. The summed E-state index contributed by atoms with van der Waals surface area (Å²) < 4.78 is 24.3. The molecule has 1 aromatic heterocycles. The Labute approximate surface area is 106 Å². The minimum atomic E-state index is -2.41. The minimum absolute atomic E-state index is 0.432. The predicted molar refractivity (Wildman–Crippen MR) is 64.3 cm³/mol. The van der Waals surface area contributed by atoms with Gasteiger partial charge in [-0.25, -0.2) is 9.97 Å². The van der Waals surface area contributed by atoms with Gasteiger partial charge in [-0.1, -0.05) is 35.5 Å². The zero-order chi connectivity index (χ0) is 12.3.